The second kappa shape index (κ2) is 7.57. The molecule has 25 heavy (non-hydrogen) atoms. The van der Waals surface area contributed by atoms with Gasteiger partial charge in [-0.05, 0) is 18.2 Å². The Morgan fingerprint density at radius 3 is 2.80 bits per heavy atom. The molecule has 0 unspecified atom stereocenters. The molecule has 3 rings (SSSR count). The molecule has 2 aromatic carbocycles. The molecular weight excluding hydrogens is 323 g/mol. The minimum absolute atomic E-state index is 0.0384. The van der Waals surface area contributed by atoms with Gasteiger partial charge in [-0.15, -0.1) is 5.10 Å². The van der Waals surface area contributed by atoms with Gasteiger partial charge < -0.3 is 10.1 Å². The molecule has 0 aliphatic heterocycles. The van der Waals surface area contributed by atoms with Gasteiger partial charge in [-0.3, -0.25) is 9.48 Å². The standard InChI is InChI=1S/C18H17FN4O2/c1-25-17-11-14(7-8-15(17)19)18(24)20-9-10-23-12-16(21-22-23)13-5-3-2-4-6-13/h2-8,11-12H,9-10H2,1H3,(H,20,24). The first-order chi connectivity index (χ1) is 12.2. The number of hydrogen-bond acceptors (Lipinski definition) is 4. The molecule has 1 heterocycles. The van der Waals surface area contributed by atoms with Gasteiger partial charge >= 0.3 is 0 Å². The lowest BCUT2D eigenvalue weighted by atomic mass is 10.2. The number of carbonyl (C=O) groups excluding carboxylic acids is 1. The summed E-state index contributed by atoms with van der Waals surface area (Å²) in [6.45, 7) is 0.847. The number of rotatable bonds is 6. The maximum atomic E-state index is 13.4. The molecule has 0 saturated carbocycles. The van der Waals surface area contributed by atoms with Crippen LogP contribution in [0.5, 0.6) is 5.75 Å². The van der Waals surface area contributed by atoms with Crippen molar-refractivity contribution < 1.29 is 13.9 Å². The normalized spacial score (nSPS) is 10.5. The van der Waals surface area contributed by atoms with Crippen molar-refractivity contribution in [1.82, 2.24) is 20.3 Å². The molecule has 0 bridgehead atoms. The van der Waals surface area contributed by atoms with E-state index in [1.165, 1.54) is 25.3 Å². The molecule has 0 fully saturated rings. The number of benzene rings is 2. The Labute approximate surface area is 144 Å². The first kappa shape index (κ1) is 16.6. The first-order valence-corrected chi connectivity index (χ1v) is 7.74. The smallest absolute Gasteiger partial charge is 0.251 e. The Kier molecular flexibility index (Phi) is 5.03. The molecule has 1 N–H and O–H groups in total. The number of methoxy groups -OCH3 is 1. The minimum atomic E-state index is -0.505. The molecule has 0 atom stereocenters. The van der Waals surface area contributed by atoms with Gasteiger partial charge in [0.05, 0.1) is 19.9 Å². The second-order valence-corrected chi connectivity index (χ2v) is 5.34. The van der Waals surface area contributed by atoms with Gasteiger partial charge in [0.15, 0.2) is 11.6 Å². The Bertz CT molecular complexity index is 865. The maximum absolute atomic E-state index is 13.4. The monoisotopic (exact) mass is 340 g/mol. The highest BCUT2D eigenvalue weighted by Gasteiger charge is 2.10. The van der Waals surface area contributed by atoms with E-state index in [0.29, 0.717) is 18.7 Å². The molecule has 0 aliphatic rings. The Morgan fingerprint density at radius 2 is 2.04 bits per heavy atom. The third-order valence-electron chi connectivity index (χ3n) is 3.65. The van der Waals surface area contributed by atoms with Crippen LogP contribution < -0.4 is 10.1 Å². The predicted molar refractivity (Wildman–Crippen MR) is 90.7 cm³/mol. The van der Waals surface area contributed by atoms with Gasteiger partial charge in [0.25, 0.3) is 5.91 Å². The average molecular weight is 340 g/mol. The van der Waals surface area contributed by atoms with Crippen LogP contribution in [0.1, 0.15) is 10.4 Å². The minimum Gasteiger partial charge on any atom is -0.494 e. The van der Waals surface area contributed by atoms with Crippen molar-refractivity contribution >= 4 is 5.91 Å². The van der Waals surface area contributed by atoms with E-state index in [1.807, 2.05) is 36.5 Å². The molecule has 0 radical (unpaired) electrons. The van der Waals surface area contributed by atoms with Gasteiger partial charge in [-0.1, -0.05) is 35.5 Å². The highest BCUT2D eigenvalue weighted by atomic mass is 19.1. The Balaban J connectivity index is 1.56. The van der Waals surface area contributed by atoms with Crippen LogP contribution >= 0.6 is 0 Å². The molecule has 6 nitrogen and oxygen atoms in total. The fraction of sp³-hybridized carbons (Fsp3) is 0.167. The van der Waals surface area contributed by atoms with Crippen LogP contribution in [0.4, 0.5) is 4.39 Å². The van der Waals surface area contributed by atoms with E-state index in [1.54, 1.807) is 4.68 Å². The van der Waals surface area contributed by atoms with Crippen molar-refractivity contribution in [2.75, 3.05) is 13.7 Å². The highest BCUT2D eigenvalue weighted by molar-refractivity contribution is 5.94. The zero-order valence-corrected chi connectivity index (χ0v) is 13.6. The first-order valence-electron chi connectivity index (χ1n) is 7.74. The summed E-state index contributed by atoms with van der Waals surface area (Å²) >= 11 is 0. The van der Waals surface area contributed by atoms with Gasteiger partial charge in [0, 0.05) is 17.7 Å². The molecule has 0 saturated heterocycles. The summed E-state index contributed by atoms with van der Waals surface area (Å²) in [5, 5.41) is 10.9. The topological polar surface area (TPSA) is 69.0 Å². The molecule has 0 spiro atoms. The van der Waals surface area contributed by atoms with Crippen molar-refractivity contribution in [2.45, 2.75) is 6.54 Å². The Hall–Kier alpha value is -3.22. The number of halogens is 1. The average Bonchev–Trinajstić information content (AvgIpc) is 3.11. The van der Waals surface area contributed by atoms with Crippen LogP contribution in [0.25, 0.3) is 11.3 Å². The number of nitrogens with zero attached hydrogens (tertiary/aromatic N) is 3. The second-order valence-electron chi connectivity index (χ2n) is 5.34. The summed E-state index contributed by atoms with van der Waals surface area (Å²) in [5.41, 5.74) is 2.09. The summed E-state index contributed by atoms with van der Waals surface area (Å²) in [6.07, 6.45) is 1.82. The number of ether oxygens (including phenoxy) is 1. The molecule has 3 aromatic rings. The Morgan fingerprint density at radius 1 is 1.24 bits per heavy atom. The van der Waals surface area contributed by atoms with E-state index in [0.717, 1.165) is 11.3 Å². The third-order valence-corrected chi connectivity index (χ3v) is 3.65. The number of carbonyl (C=O) groups is 1. The lowest BCUT2D eigenvalue weighted by Gasteiger charge is -2.07. The van der Waals surface area contributed by atoms with Crippen molar-refractivity contribution in [2.24, 2.45) is 0 Å². The maximum Gasteiger partial charge on any atom is 0.251 e. The fourth-order valence-corrected chi connectivity index (χ4v) is 2.34. The largest absolute Gasteiger partial charge is 0.494 e. The van der Waals surface area contributed by atoms with Crippen LogP contribution in [-0.2, 0) is 6.54 Å². The van der Waals surface area contributed by atoms with E-state index in [9.17, 15) is 9.18 Å². The number of aromatic nitrogens is 3. The summed E-state index contributed by atoms with van der Waals surface area (Å²) < 4.78 is 19.9. The van der Waals surface area contributed by atoms with Crippen molar-refractivity contribution in [3.8, 4) is 17.0 Å². The van der Waals surface area contributed by atoms with Crippen LogP contribution in [0, 0.1) is 5.82 Å². The molecule has 7 heteroatoms. The van der Waals surface area contributed by atoms with Crippen LogP contribution in [-0.4, -0.2) is 34.6 Å². The van der Waals surface area contributed by atoms with Crippen molar-refractivity contribution in [3.05, 3.63) is 66.1 Å². The van der Waals surface area contributed by atoms with Gasteiger partial charge in [0.1, 0.15) is 5.69 Å². The third kappa shape index (κ3) is 4.00. The number of nitrogens with one attached hydrogen (secondary N) is 1. The van der Waals surface area contributed by atoms with Crippen molar-refractivity contribution in [1.29, 1.82) is 0 Å². The van der Waals surface area contributed by atoms with Crippen LogP contribution in [0.15, 0.2) is 54.7 Å². The van der Waals surface area contributed by atoms with E-state index in [-0.39, 0.29) is 11.7 Å². The molecular formula is C18H17FN4O2. The lowest BCUT2D eigenvalue weighted by Crippen LogP contribution is -2.27. The molecule has 0 aliphatic carbocycles. The van der Waals surface area contributed by atoms with Gasteiger partial charge in [-0.2, -0.15) is 0 Å². The fourth-order valence-electron chi connectivity index (χ4n) is 2.34. The highest BCUT2D eigenvalue weighted by Crippen LogP contribution is 2.18. The SMILES string of the molecule is COc1cc(C(=O)NCCn2cc(-c3ccccc3)nn2)ccc1F. The van der Waals surface area contributed by atoms with E-state index in [4.69, 9.17) is 4.74 Å². The zero-order chi connectivity index (χ0) is 17.6. The van der Waals surface area contributed by atoms with Gasteiger partial charge in [-0.25, -0.2) is 4.39 Å². The van der Waals surface area contributed by atoms with Crippen molar-refractivity contribution in [3.63, 3.8) is 0 Å². The summed E-state index contributed by atoms with van der Waals surface area (Å²) in [6, 6.07) is 13.7. The number of amides is 1. The van der Waals surface area contributed by atoms with Gasteiger partial charge in [0.2, 0.25) is 0 Å². The quantitative estimate of drug-likeness (QED) is 0.749. The zero-order valence-electron chi connectivity index (χ0n) is 13.6. The molecule has 1 aromatic heterocycles. The van der Waals surface area contributed by atoms with E-state index in [2.05, 4.69) is 15.6 Å². The predicted octanol–water partition coefficient (Wildman–Crippen LogP) is 2.52. The number of hydrogen-bond donors (Lipinski definition) is 1. The van der Waals surface area contributed by atoms with Crippen LogP contribution in [0.2, 0.25) is 0 Å². The molecule has 1 amide bonds. The van der Waals surface area contributed by atoms with E-state index >= 15 is 0 Å². The molecule has 128 valence electrons. The van der Waals surface area contributed by atoms with E-state index < -0.39 is 5.82 Å². The lowest BCUT2D eigenvalue weighted by molar-refractivity contribution is 0.0951. The summed E-state index contributed by atoms with van der Waals surface area (Å²) in [5.74, 6) is -0.770. The van der Waals surface area contributed by atoms with Crippen LogP contribution in [0.3, 0.4) is 0 Å². The summed E-state index contributed by atoms with van der Waals surface area (Å²) in [7, 11) is 1.36. The summed E-state index contributed by atoms with van der Waals surface area (Å²) in [4.78, 5) is 12.1.